The van der Waals surface area contributed by atoms with Gasteiger partial charge in [-0.2, -0.15) is 0 Å². The van der Waals surface area contributed by atoms with Crippen LogP contribution in [0.4, 0.5) is 9.80 Å². The molecule has 8 nitrogen and oxygen atoms in total. The zero-order valence-electron chi connectivity index (χ0n) is 22.8. The number of esters is 1. The maximum absolute atomic E-state index is 13.7. The van der Waals surface area contributed by atoms with Crippen molar-refractivity contribution >= 4 is 34.4 Å². The highest BCUT2D eigenvalue weighted by molar-refractivity contribution is 7.16. The number of piperidine rings is 1. The van der Waals surface area contributed by atoms with Crippen molar-refractivity contribution in [1.82, 2.24) is 5.06 Å². The Morgan fingerprint density at radius 3 is 2.19 bits per heavy atom. The van der Waals surface area contributed by atoms with Gasteiger partial charge < -0.3 is 19.2 Å². The number of amides is 1. The molecule has 2 aliphatic rings. The average molecular weight is 523 g/mol. The lowest BCUT2D eigenvalue weighted by molar-refractivity contribution is -0.152. The predicted octanol–water partition coefficient (Wildman–Crippen LogP) is 6.15. The average Bonchev–Trinajstić information content (AvgIpc) is 3.22. The number of hydrogen-bond acceptors (Lipinski definition) is 8. The van der Waals surface area contributed by atoms with Crippen molar-refractivity contribution in [3.05, 3.63) is 16.5 Å². The van der Waals surface area contributed by atoms with Crippen LogP contribution in [-0.4, -0.2) is 54.9 Å². The standard InChI is InChI=1S/C27H42N2O6S/c1-17(2)29(23(30)20-10-8-18(3)9-11-20)24-21(25(31)33-7)16-22(36-24)19-12-14-28(15-13-19)35-26(32)34-27(4,5)6/h16-20H,8-15H2,1-7H3. The molecule has 0 radical (unpaired) electrons. The van der Waals surface area contributed by atoms with Gasteiger partial charge in [0, 0.05) is 29.9 Å². The van der Waals surface area contributed by atoms with E-state index in [-0.39, 0.29) is 23.8 Å². The van der Waals surface area contributed by atoms with Crippen LogP contribution in [0.25, 0.3) is 0 Å². The molecule has 1 aromatic heterocycles. The highest BCUT2D eigenvalue weighted by atomic mass is 32.1. The number of thiophene rings is 1. The zero-order chi connectivity index (χ0) is 26.6. The van der Waals surface area contributed by atoms with E-state index in [2.05, 4.69) is 6.92 Å². The molecule has 0 atom stereocenters. The van der Waals surface area contributed by atoms with E-state index in [1.165, 1.54) is 18.4 Å². The lowest BCUT2D eigenvalue weighted by Gasteiger charge is -2.33. The molecule has 9 heteroatoms. The van der Waals surface area contributed by atoms with Crippen LogP contribution in [0.2, 0.25) is 0 Å². The van der Waals surface area contributed by atoms with Gasteiger partial charge in [-0.3, -0.25) is 4.79 Å². The molecular weight excluding hydrogens is 480 g/mol. The Bertz CT molecular complexity index is 921. The largest absolute Gasteiger partial charge is 0.528 e. The molecule has 1 aliphatic heterocycles. The summed E-state index contributed by atoms with van der Waals surface area (Å²) in [6.45, 7) is 12.8. The summed E-state index contributed by atoms with van der Waals surface area (Å²) in [6.07, 6.45) is 4.74. The van der Waals surface area contributed by atoms with Crippen LogP contribution >= 0.6 is 11.3 Å². The van der Waals surface area contributed by atoms with Gasteiger partial charge in [-0.05, 0) is 91.0 Å². The molecule has 1 saturated heterocycles. The summed E-state index contributed by atoms with van der Waals surface area (Å²) >= 11 is 1.52. The first-order valence-electron chi connectivity index (χ1n) is 13.1. The predicted molar refractivity (Wildman–Crippen MR) is 140 cm³/mol. The van der Waals surface area contributed by atoms with Gasteiger partial charge in [-0.1, -0.05) is 6.92 Å². The van der Waals surface area contributed by atoms with Crippen LogP contribution in [0.3, 0.4) is 0 Å². The summed E-state index contributed by atoms with van der Waals surface area (Å²) in [4.78, 5) is 46.7. The smallest absolute Gasteiger partial charge is 0.465 e. The molecule has 1 aromatic rings. The van der Waals surface area contributed by atoms with E-state index < -0.39 is 17.7 Å². The Hall–Kier alpha value is -2.13. The normalized spacial score (nSPS) is 21.8. The minimum Gasteiger partial charge on any atom is -0.465 e. The molecule has 1 saturated carbocycles. The van der Waals surface area contributed by atoms with Gasteiger partial charge in [-0.15, -0.1) is 16.4 Å². The second-order valence-corrected chi connectivity index (χ2v) is 12.4. The molecule has 0 bridgehead atoms. The van der Waals surface area contributed by atoms with E-state index in [0.29, 0.717) is 29.6 Å². The van der Waals surface area contributed by atoms with Crippen molar-refractivity contribution in [3.63, 3.8) is 0 Å². The number of methoxy groups -OCH3 is 1. The lowest BCUT2D eigenvalue weighted by Crippen LogP contribution is -2.42. The highest BCUT2D eigenvalue weighted by Gasteiger charge is 2.35. The van der Waals surface area contributed by atoms with Gasteiger partial charge in [-0.25, -0.2) is 9.59 Å². The minimum absolute atomic E-state index is 0.00658. The summed E-state index contributed by atoms with van der Waals surface area (Å²) < 4.78 is 10.3. The minimum atomic E-state index is -0.699. The van der Waals surface area contributed by atoms with Gasteiger partial charge in [0.1, 0.15) is 10.6 Å². The van der Waals surface area contributed by atoms with Crippen LogP contribution in [-0.2, 0) is 19.1 Å². The molecule has 0 unspecified atom stereocenters. The van der Waals surface area contributed by atoms with Gasteiger partial charge in [0.15, 0.2) is 0 Å². The van der Waals surface area contributed by atoms with E-state index in [1.54, 1.807) is 25.8 Å². The van der Waals surface area contributed by atoms with Gasteiger partial charge in [0.2, 0.25) is 5.91 Å². The van der Waals surface area contributed by atoms with Crippen molar-refractivity contribution in [3.8, 4) is 0 Å². The van der Waals surface area contributed by atoms with E-state index >= 15 is 0 Å². The number of rotatable bonds is 6. The number of carbonyl (C=O) groups excluding carboxylic acids is 3. The van der Waals surface area contributed by atoms with Crippen LogP contribution in [0.5, 0.6) is 0 Å². The van der Waals surface area contributed by atoms with Crippen molar-refractivity contribution in [2.75, 3.05) is 25.1 Å². The van der Waals surface area contributed by atoms with Crippen LogP contribution in [0.1, 0.15) is 101 Å². The Labute approximate surface area is 219 Å². The molecule has 0 aromatic carbocycles. The summed E-state index contributed by atoms with van der Waals surface area (Å²) in [7, 11) is 1.38. The molecule has 3 rings (SSSR count). The van der Waals surface area contributed by atoms with E-state index in [9.17, 15) is 14.4 Å². The maximum atomic E-state index is 13.7. The fraction of sp³-hybridized carbons (Fsp3) is 0.741. The first-order chi connectivity index (χ1) is 16.9. The van der Waals surface area contributed by atoms with Gasteiger partial charge in [0.25, 0.3) is 0 Å². The zero-order valence-corrected chi connectivity index (χ0v) is 23.6. The van der Waals surface area contributed by atoms with Gasteiger partial charge in [0.05, 0.1) is 12.7 Å². The molecule has 0 spiro atoms. The van der Waals surface area contributed by atoms with Gasteiger partial charge >= 0.3 is 12.1 Å². The summed E-state index contributed by atoms with van der Waals surface area (Å²) in [6, 6.07) is 1.82. The number of hydrogen-bond donors (Lipinski definition) is 0. The Morgan fingerprint density at radius 1 is 1.06 bits per heavy atom. The summed E-state index contributed by atoms with van der Waals surface area (Å²) in [5, 5.41) is 2.32. The van der Waals surface area contributed by atoms with Crippen molar-refractivity contribution in [2.45, 2.75) is 97.6 Å². The molecular formula is C27H42N2O6S. The number of hydroxylamine groups is 2. The third-order valence-electron chi connectivity index (χ3n) is 6.92. The van der Waals surface area contributed by atoms with E-state index in [0.717, 1.165) is 43.4 Å². The molecule has 36 heavy (non-hydrogen) atoms. The first-order valence-corrected chi connectivity index (χ1v) is 13.9. The van der Waals surface area contributed by atoms with Crippen LogP contribution in [0, 0.1) is 11.8 Å². The van der Waals surface area contributed by atoms with E-state index in [1.807, 2.05) is 24.8 Å². The van der Waals surface area contributed by atoms with Crippen molar-refractivity contribution < 1.29 is 28.7 Å². The van der Waals surface area contributed by atoms with Crippen LogP contribution in [0.15, 0.2) is 6.07 Å². The Morgan fingerprint density at radius 2 is 1.67 bits per heavy atom. The number of nitrogens with zero attached hydrogens (tertiary/aromatic N) is 2. The third-order valence-corrected chi connectivity index (χ3v) is 8.22. The topological polar surface area (TPSA) is 85.4 Å². The number of ether oxygens (including phenoxy) is 2. The third kappa shape index (κ3) is 7.22. The number of anilines is 1. The summed E-state index contributed by atoms with van der Waals surface area (Å²) in [5.41, 5.74) is -0.154. The highest BCUT2D eigenvalue weighted by Crippen LogP contribution is 2.42. The lowest BCUT2D eigenvalue weighted by atomic mass is 9.82. The molecule has 2 heterocycles. The quantitative estimate of drug-likeness (QED) is 0.414. The molecule has 1 amide bonds. The monoisotopic (exact) mass is 522 g/mol. The second kappa shape index (κ2) is 11.9. The SMILES string of the molecule is COC(=O)c1cc(C2CCN(OC(=O)OC(C)(C)C)CC2)sc1N(C(=O)C1CCC(C)CC1)C(C)C. The van der Waals surface area contributed by atoms with Crippen molar-refractivity contribution in [2.24, 2.45) is 11.8 Å². The number of carbonyl (C=O) groups is 3. The molecule has 1 aliphatic carbocycles. The summed E-state index contributed by atoms with van der Waals surface area (Å²) in [5.74, 6) is 0.536. The molecule has 202 valence electrons. The van der Waals surface area contributed by atoms with Crippen LogP contribution < -0.4 is 4.90 Å². The van der Waals surface area contributed by atoms with Crippen molar-refractivity contribution in [1.29, 1.82) is 0 Å². The fourth-order valence-corrected chi connectivity index (χ4v) is 6.39. The Kier molecular flexibility index (Phi) is 9.44. The maximum Gasteiger partial charge on any atom is 0.528 e. The molecule has 0 N–H and O–H groups in total. The molecule has 2 fully saturated rings. The first kappa shape index (κ1) is 28.4. The Balaban J connectivity index is 1.76. The second-order valence-electron chi connectivity index (χ2n) is 11.4. The van der Waals surface area contributed by atoms with E-state index in [4.69, 9.17) is 14.3 Å². The fourth-order valence-electron chi connectivity index (χ4n) is 4.93.